The van der Waals surface area contributed by atoms with Crippen LogP contribution < -0.4 is 9.04 Å². The maximum atomic E-state index is 14.5. The minimum absolute atomic E-state index is 0.0152. The maximum Gasteiger partial charge on any atom is 0.416 e. The summed E-state index contributed by atoms with van der Waals surface area (Å²) >= 11 is 0. The van der Waals surface area contributed by atoms with E-state index < -0.39 is 62.3 Å². The zero-order chi connectivity index (χ0) is 28.0. The van der Waals surface area contributed by atoms with Crippen LogP contribution in [0.1, 0.15) is 25.8 Å². The molecule has 202 valence electrons. The number of rotatable bonds is 6. The quantitative estimate of drug-likeness (QED) is 0.371. The molecule has 0 aliphatic carbocycles. The van der Waals surface area contributed by atoms with Crippen molar-refractivity contribution in [2.75, 3.05) is 10.8 Å². The molecule has 0 radical (unpaired) electrons. The fraction of sp³-hybridized carbons (Fsp3) is 0.269. The highest BCUT2D eigenvalue weighted by atomic mass is 32.2. The van der Waals surface area contributed by atoms with E-state index in [9.17, 15) is 40.3 Å². The molecule has 12 heteroatoms. The van der Waals surface area contributed by atoms with Gasteiger partial charge in [0.1, 0.15) is 23.5 Å². The number of hydrogen-bond acceptors (Lipinski definition) is 4. The van der Waals surface area contributed by atoms with Crippen LogP contribution in [-0.4, -0.2) is 32.1 Å². The molecule has 3 aromatic rings. The monoisotopic (exact) mass is 555 g/mol. The van der Waals surface area contributed by atoms with Gasteiger partial charge in [-0.15, -0.1) is 0 Å². The van der Waals surface area contributed by atoms with Gasteiger partial charge in [-0.05, 0) is 67.9 Å². The van der Waals surface area contributed by atoms with Gasteiger partial charge in [0.15, 0.2) is 0 Å². The molecule has 0 spiro atoms. The first-order valence-corrected chi connectivity index (χ1v) is 12.7. The molecule has 0 aromatic heterocycles. The maximum absolute atomic E-state index is 14.5. The van der Waals surface area contributed by atoms with Gasteiger partial charge in [0, 0.05) is 12.0 Å². The van der Waals surface area contributed by atoms with E-state index in [2.05, 4.69) is 0 Å². The summed E-state index contributed by atoms with van der Waals surface area (Å²) in [7, 11) is -4.65. The van der Waals surface area contributed by atoms with E-state index in [0.717, 1.165) is 40.7 Å². The number of halogens is 5. The van der Waals surface area contributed by atoms with Crippen molar-refractivity contribution >= 4 is 21.7 Å². The van der Waals surface area contributed by atoms with Crippen molar-refractivity contribution in [2.24, 2.45) is 5.41 Å². The van der Waals surface area contributed by atoms with Gasteiger partial charge in [-0.1, -0.05) is 12.1 Å². The summed E-state index contributed by atoms with van der Waals surface area (Å²) in [5.41, 5.74) is -2.69. The number of carboxylic acid groups (broad SMARTS) is 1. The molecular weight excluding hydrogens is 533 g/mol. The van der Waals surface area contributed by atoms with E-state index in [0.29, 0.717) is 6.07 Å². The van der Waals surface area contributed by atoms with Crippen LogP contribution in [0.15, 0.2) is 65.6 Å². The van der Waals surface area contributed by atoms with Crippen molar-refractivity contribution in [3.8, 4) is 16.9 Å². The SMILES string of the molecule is CC(C)(C[C@H]1CN(S(=O)(=O)c2cccc(C(F)(F)F)c2)c2cc(-c3cc(F)ccc3F)ccc2O1)C(=O)O. The van der Waals surface area contributed by atoms with Gasteiger partial charge in [0.05, 0.1) is 28.1 Å². The molecule has 4 rings (SSSR count). The average molecular weight is 556 g/mol. The number of nitrogens with zero attached hydrogens (tertiary/aromatic N) is 1. The number of alkyl halides is 3. The van der Waals surface area contributed by atoms with Crippen LogP contribution in [0.2, 0.25) is 0 Å². The summed E-state index contributed by atoms with van der Waals surface area (Å²) < 4.78 is 102. The minimum Gasteiger partial charge on any atom is -0.486 e. The second kappa shape index (κ2) is 9.57. The second-order valence-electron chi connectivity index (χ2n) is 9.50. The van der Waals surface area contributed by atoms with Gasteiger partial charge in [0.25, 0.3) is 10.0 Å². The molecule has 0 bridgehead atoms. The molecule has 0 fully saturated rings. The van der Waals surface area contributed by atoms with Crippen molar-refractivity contribution in [1.29, 1.82) is 0 Å². The number of aliphatic carboxylic acids is 1. The lowest BCUT2D eigenvalue weighted by Gasteiger charge is -2.38. The molecule has 6 nitrogen and oxygen atoms in total. The van der Waals surface area contributed by atoms with E-state index in [1.54, 1.807) is 0 Å². The minimum atomic E-state index is -4.80. The zero-order valence-corrected chi connectivity index (χ0v) is 20.9. The predicted octanol–water partition coefficient (Wildman–Crippen LogP) is 6.11. The highest BCUT2D eigenvalue weighted by Gasteiger charge is 2.40. The standard InChI is InChI=1S/C26H22F5NO5S/c1-25(2,24(33)34)13-18-14-32(38(35,36)19-5-3-4-16(11-19)26(29,30)31)22-10-15(6-9-23(22)37-18)20-12-17(27)7-8-21(20)28/h3-12,18H,13-14H2,1-2H3,(H,33,34)/t18-/m0/s1. The van der Waals surface area contributed by atoms with Crippen LogP contribution in [0.25, 0.3) is 11.1 Å². The molecular formula is C26H22F5NO5S. The molecule has 38 heavy (non-hydrogen) atoms. The number of ether oxygens (including phenoxy) is 1. The molecule has 0 amide bonds. The summed E-state index contributed by atoms with van der Waals surface area (Å²) in [6.07, 6.45) is -5.91. The first-order chi connectivity index (χ1) is 17.6. The smallest absolute Gasteiger partial charge is 0.416 e. The molecule has 3 aromatic carbocycles. The normalized spacial score (nSPS) is 16.1. The summed E-state index contributed by atoms with van der Waals surface area (Å²) in [4.78, 5) is 11.0. The number of carboxylic acids is 1. The Morgan fingerprint density at radius 2 is 1.76 bits per heavy atom. The third-order valence-electron chi connectivity index (χ3n) is 6.20. The van der Waals surface area contributed by atoms with Crippen LogP contribution in [0, 0.1) is 17.0 Å². The largest absolute Gasteiger partial charge is 0.486 e. The summed E-state index contributed by atoms with van der Waals surface area (Å²) in [6, 6.07) is 9.86. The van der Waals surface area contributed by atoms with Crippen LogP contribution in [0.4, 0.5) is 27.6 Å². The first kappa shape index (κ1) is 27.4. The topological polar surface area (TPSA) is 83.9 Å². The fourth-order valence-corrected chi connectivity index (χ4v) is 5.69. The van der Waals surface area contributed by atoms with Gasteiger partial charge in [0.2, 0.25) is 0 Å². The van der Waals surface area contributed by atoms with Crippen molar-refractivity contribution in [3.63, 3.8) is 0 Å². The van der Waals surface area contributed by atoms with E-state index in [-0.39, 0.29) is 29.0 Å². The Labute approximate surface area is 215 Å². The number of sulfonamides is 1. The lowest BCUT2D eigenvalue weighted by Crippen LogP contribution is -2.46. The van der Waals surface area contributed by atoms with Gasteiger partial charge < -0.3 is 9.84 Å². The number of benzene rings is 3. The first-order valence-electron chi connectivity index (χ1n) is 11.3. The highest BCUT2D eigenvalue weighted by molar-refractivity contribution is 7.92. The van der Waals surface area contributed by atoms with Crippen molar-refractivity contribution in [2.45, 2.75) is 37.4 Å². The van der Waals surface area contributed by atoms with E-state index in [4.69, 9.17) is 4.74 Å². The molecule has 1 N–H and O–H groups in total. The molecule has 1 heterocycles. The molecule has 0 saturated carbocycles. The lowest BCUT2D eigenvalue weighted by molar-refractivity contribution is -0.148. The summed E-state index contributed by atoms with van der Waals surface area (Å²) in [5.74, 6) is -2.69. The van der Waals surface area contributed by atoms with Gasteiger partial charge in [-0.25, -0.2) is 17.2 Å². The molecule has 1 aliphatic rings. The van der Waals surface area contributed by atoms with Crippen molar-refractivity contribution in [3.05, 3.63) is 77.9 Å². The van der Waals surface area contributed by atoms with E-state index >= 15 is 0 Å². The molecule has 0 saturated heterocycles. The van der Waals surface area contributed by atoms with Gasteiger partial charge >= 0.3 is 12.1 Å². The van der Waals surface area contributed by atoms with Crippen molar-refractivity contribution < 1.29 is 45.0 Å². The van der Waals surface area contributed by atoms with E-state index in [1.165, 1.54) is 32.0 Å². The lowest BCUT2D eigenvalue weighted by atomic mass is 9.86. The zero-order valence-electron chi connectivity index (χ0n) is 20.1. The number of carbonyl (C=O) groups is 1. The highest BCUT2D eigenvalue weighted by Crippen LogP contribution is 2.42. The molecule has 1 atom stereocenters. The predicted molar refractivity (Wildman–Crippen MR) is 128 cm³/mol. The Morgan fingerprint density at radius 1 is 1.05 bits per heavy atom. The van der Waals surface area contributed by atoms with Gasteiger partial charge in [-0.3, -0.25) is 9.10 Å². The van der Waals surface area contributed by atoms with Gasteiger partial charge in [-0.2, -0.15) is 13.2 Å². The Balaban J connectivity index is 1.86. The number of anilines is 1. The van der Waals surface area contributed by atoms with Crippen LogP contribution in [0.5, 0.6) is 5.75 Å². The molecule has 0 unspecified atom stereocenters. The van der Waals surface area contributed by atoms with Crippen LogP contribution in [0.3, 0.4) is 0 Å². The van der Waals surface area contributed by atoms with Crippen molar-refractivity contribution in [1.82, 2.24) is 0 Å². The Bertz CT molecular complexity index is 1500. The summed E-state index contributed by atoms with van der Waals surface area (Å²) in [6.45, 7) is 2.42. The Kier molecular flexibility index (Phi) is 6.89. The molecule has 1 aliphatic heterocycles. The number of fused-ring (bicyclic) bond motifs is 1. The Morgan fingerprint density at radius 3 is 2.42 bits per heavy atom. The number of hydrogen-bond donors (Lipinski definition) is 1. The average Bonchev–Trinajstić information content (AvgIpc) is 2.84. The van der Waals surface area contributed by atoms with Crippen LogP contribution in [-0.2, 0) is 21.0 Å². The van der Waals surface area contributed by atoms with E-state index in [1.807, 2.05) is 0 Å². The van der Waals surface area contributed by atoms with Crippen LogP contribution >= 0.6 is 0 Å². The third kappa shape index (κ3) is 5.31. The summed E-state index contributed by atoms with van der Waals surface area (Å²) in [5, 5.41) is 9.53. The Hall–Kier alpha value is -3.67. The second-order valence-corrected chi connectivity index (χ2v) is 11.4. The fourth-order valence-electron chi connectivity index (χ4n) is 4.15. The third-order valence-corrected chi connectivity index (χ3v) is 7.97.